The molecule has 32 heavy (non-hydrogen) atoms. The van der Waals surface area contributed by atoms with Gasteiger partial charge >= 0.3 is 0 Å². The van der Waals surface area contributed by atoms with Crippen LogP contribution in [0.4, 0.5) is 5.69 Å². The van der Waals surface area contributed by atoms with Gasteiger partial charge in [0.15, 0.2) is 5.60 Å². The minimum absolute atomic E-state index is 0.0474. The van der Waals surface area contributed by atoms with Gasteiger partial charge in [-0.15, -0.1) is 0 Å². The van der Waals surface area contributed by atoms with Crippen LogP contribution in [-0.2, 0) is 16.9 Å². The lowest BCUT2D eigenvalue weighted by Gasteiger charge is -2.33. The second-order valence-corrected chi connectivity index (χ2v) is 9.56. The zero-order valence-electron chi connectivity index (χ0n) is 18.0. The summed E-state index contributed by atoms with van der Waals surface area (Å²) >= 11 is 0. The Bertz CT molecular complexity index is 995. The molecular weight excluding hydrogens is 406 g/mol. The van der Waals surface area contributed by atoms with E-state index in [1.165, 1.54) is 6.07 Å². The predicted molar refractivity (Wildman–Crippen MR) is 120 cm³/mol. The Balaban J connectivity index is 1.22. The van der Waals surface area contributed by atoms with Crippen molar-refractivity contribution in [2.45, 2.75) is 43.9 Å². The molecule has 3 fully saturated rings. The van der Waals surface area contributed by atoms with E-state index in [2.05, 4.69) is 10.2 Å². The van der Waals surface area contributed by atoms with Crippen LogP contribution < -0.4 is 5.32 Å². The molecule has 0 radical (unpaired) electrons. The van der Waals surface area contributed by atoms with Crippen LogP contribution in [0.15, 0.2) is 54.6 Å². The molecule has 2 aromatic rings. The standard InChI is InChI=1S/C25H29N3O4/c29-24(25(30,19-10-4-5-11-19)18-8-2-1-3-9-18)26-23-21-15-27(16-22(21)23)14-17-7-6-12-20(13-17)28(31)32/h1-3,6-9,12-13,19,21-23,30H,4-5,10-11,14-16H2,(H,26,29)/t21-,22+,23?,25?. The molecule has 2 unspecified atom stereocenters. The van der Waals surface area contributed by atoms with Crippen LogP contribution in [0.25, 0.3) is 0 Å². The van der Waals surface area contributed by atoms with Gasteiger partial charge in [0, 0.05) is 43.7 Å². The number of benzene rings is 2. The number of nitro groups is 1. The summed E-state index contributed by atoms with van der Waals surface area (Å²) in [6.45, 7) is 2.38. The first-order valence-electron chi connectivity index (χ1n) is 11.5. The number of piperidine rings is 1. The molecule has 2 saturated carbocycles. The Labute approximate surface area is 187 Å². The molecule has 2 N–H and O–H groups in total. The third-order valence-electron chi connectivity index (χ3n) is 7.60. The highest BCUT2D eigenvalue weighted by atomic mass is 16.6. The molecule has 5 rings (SSSR count). The topological polar surface area (TPSA) is 95.7 Å². The minimum atomic E-state index is -1.47. The molecule has 168 valence electrons. The number of nitrogens with zero attached hydrogens (tertiary/aromatic N) is 2. The van der Waals surface area contributed by atoms with E-state index in [4.69, 9.17) is 0 Å². The van der Waals surface area contributed by atoms with E-state index in [-0.39, 0.29) is 28.5 Å². The quantitative estimate of drug-likeness (QED) is 0.514. The normalized spacial score (nSPS) is 27.0. The summed E-state index contributed by atoms with van der Waals surface area (Å²) < 4.78 is 0. The van der Waals surface area contributed by atoms with E-state index >= 15 is 0 Å². The molecule has 1 saturated heterocycles. The summed E-state index contributed by atoms with van der Waals surface area (Å²) in [7, 11) is 0. The van der Waals surface area contributed by atoms with Crippen LogP contribution in [0.3, 0.4) is 0 Å². The van der Waals surface area contributed by atoms with Crippen molar-refractivity contribution in [1.82, 2.24) is 10.2 Å². The molecule has 0 spiro atoms. The summed E-state index contributed by atoms with van der Waals surface area (Å²) in [6.07, 6.45) is 3.84. The summed E-state index contributed by atoms with van der Waals surface area (Å²) in [4.78, 5) is 26.3. The zero-order valence-corrected chi connectivity index (χ0v) is 18.0. The van der Waals surface area contributed by atoms with Crippen molar-refractivity contribution in [3.8, 4) is 0 Å². The lowest BCUT2D eigenvalue weighted by atomic mass is 9.79. The minimum Gasteiger partial charge on any atom is -0.375 e. The molecule has 0 aromatic heterocycles. The highest BCUT2D eigenvalue weighted by molar-refractivity contribution is 5.87. The van der Waals surface area contributed by atoms with Crippen molar-refractivity contribution in [3.05, 3.63) is 75.8 Å². The molecule has 0 bridgehead atoms. The van der Waals surface area contributed by atoms with Crippen LogP contribution in [0, 0.1) is 27.9 Å². The van der Waals surface area contributed by atoms with E-state index in [1.807, 2.05) is 36.4 Å². The number of nitrogens with one attached hydrogen (secondary N) is 1. The first-order valence-corrected chi connectivity index (χ1v) is 11.5. The van der Waals surface area contributed by atoms with Gasteiger partial charge in [-0.05, 0) is 35.8 Å². The summed E-state index contributed by atoms with van der Waals surface area (Å²) in [5.74, 6) is 0.441. The molecule has 1 heterocycles. The average Bonchev–Trinajstić information content (AvgIpc) is 3.21. The fourth-order valence-corrected chi connectivity index (χ4v) is 5.83. The van der Waals surface area contributed by atoms with E-state index in [0.29, 0.717) is 23.9 Å². The monoisotopic (exact) mass is 435 g/mol. The Morgan fingerprint density at radius 2 is 1.78 bits per heavy atom. The smallest absolute Gasteiger partial charge is 0.269 e. The fraction of sp³-hybridized carbons (Fsp3) is 0.480. The Morgan fingerprint density at radius 1 is 1.09 bits per heavy atom. The molecule has 3 aliphatic rings. The summed E-state index contributed by atoms with van der Waals surface area (Å²) in [6, 6.07) is 16.2. The fourth-order valence-electron chi connectivity index (χ4n) is 5.83. The number of non-ortho nitro benzene ring substituents is 1. The van der Waals surface area contributed by atoms with Crippen LogP contribution >= 0.6 is 0 Å². The molecule has 7 nitrogen and oxygen atoms in total. The zero-order chi connectivity index (χ0) is 22.3. The highest BCUT2D eigenvalue weighted by Crippen LogP contribution is 2.47. The van der Waals surface area contributed by atoms with Gasteiger partial charge in [0.05, 0.1) is 4.92 Å². The maximum absolute atomic E-state index is 13.4. The van der Waals surface area contributed by atoms with Gasteiger partial charge < -0.3 is 10.4 Å². The van der Waals surface area contributed by atoms with Crippen LogP contribution in [-0.4, -0.2) is 40.0 Å². The van der Waals surface area contributed by atoms with Gasteiger partial charge in [-0.1, -0.05) is 55.3 Å². The van der Waals surface area contributed by atoms with E-state index in [9.17, 15) is 20.0 Å². The third-order valence-corrected chi connectivity index (χ3v) is 7.60. The highest BCUT2D eigenvalue weighted by Gasteiger charge is 2.58. The Morgan fingerprint density at radius 3 is 2.44 bits per heavy atom. The summed E-state index contributed by atoms with van der Waals surface area (Å²) in [5.41, 5.74) is 0.254. The van der Waals surface area contributed by atoms with Gasteiger partial charge in [0.25, 0.3) is 11.6 Å². The van der Waals surface area contributed by atoms with Crippen molar-refractivity contribution in [2.75, 3.05) is 13.1 Å². The predicted octanol–water partition coefficient (Wildman–Crippen LogP) is 3.22. The lowest BCUT2D eigenvalue weighted by molar-refractivity contribution is -0.384. The van der Waals surface area contributed by atoms with Crippen LogP contribution in [0.1, 0.15) is 36.8 Å². The first-order chi connectivity index (χ1) is 15.5. The molecule has 2 aliphatic carbocycles. The van der Waals surface area contributed by atoms with Crippen LogP contribution in [0.2, 0.25) is 0 Å². The molecule has 4 atom stereocenters. The van der Waals surface area contributed by atoms with Gasteiger partial charge in [0.2, 0.25) is 0 Å². The van der Waals surface area contributed by atoms with Gasteiger partial charge in [-0.2, -0.15) is 0 Å². The molecule has 2 aromatic carbocycles. The number of hydrogen-bond acceptors (Lipinski definition) is 5. The second kappa shape index (κ2) is 8.30. The maximum Gasteiger partial charge on any atom is 0.269 e. The number of nitro benzene ring substituents is 1. The van der Waals surface area contributed by atoms with E-state index in [1.54, 1.807) is 12.1 Å². The van der Waals surface area contributed by atoms with Crippen molar-refractivity contribution in [3.63, 3.8) is 0 Å². The van der Waals surface area contributed by atoms with E-state index in [0.717, 1.165) is 44.3 Å². The van der Waals surface area contributed by atoms with Crippen molar-refractivity contribution in [2.24, 2.45) is 17.8 Å². The van der Waals surface area contributed by atoms with Gasteiger partial charge in [-0.3, -0.25) is 19.8 Å². The van der Waals surface area contributed by atoms with Crippen LogP contribution in [0.5, 0.6) is 0 Å². The van der Waals surface area contributed by atoms with Crippen molar-refractivity contribution >= 4 is 11.6 Å². The third kappa shape index (κ3) is 3.80. The molecule has 1 amide bonds. The number of fused-ring (bicyclic) bond motifs is 1. The van der Waals surface area contributed by atoms with Crippen molar-refractivity contribution < 1.29 is 14.8 Å². The number of carbonyl (C=O) groups excluding carboxylic acids is 1. The van der Waals surface area contributed by atoms with Crippen molar-refractivity contribution in [1.29, 1.82) is 0 Å². The van der Waals surface area contributed by atoms with E-state index < -0.39 is 5.60 Å². The Kier molecular flexibility index (Phi) is 5.47. The first kappa shape index (κ1) is 21.1. The number of aliphatic hydroxyl groups is 1. The molecule has 7 heteroatoms. The SMILES string of the molecule is O=C(NC1[C@H]2CN(Cc3cccc([N+](=O)[O-])c3)C[C@@H]12)C(O)(c1ccccc1)C1CCCC1. The number of carbonyl (C=O) groups is 1. The number of amides is 1. The number of hydrogen-bond donors (Lipinski definition) is 2. The second-order valence-electron chi connectivity index (χ2n) is 9.56. The largest absolute Gasteiger partial charge is 0.375 e. The Hall–Kier alpha value is -2.77. The number of rotatable bonds is 7. The lowest BCUT2D eigenvalue weighted by Crippen LogP contribution is -2.50. The average molecular weight is 436 g/mol. The maximum atomic E-state index is 13.4. The molecular formula is C25H29N3O4. The van der Waals surface area contributed by atoms with Gasteiger partial charge in [-0.25, -0.2) is 0 Å². The number of likely N-dealkylation sites (tertiary alicyclic amines) is 1. The summed E-state index contributed by atoms with van der Waals surface area (Å²) in [5, 5.41) is 25.8. The molecule has 1 aliphatic heterocycles. The van der Waals surface area contributed by atoms with Gasteiger partial charge in [0.1, 0.15) is 0 Å².